The van der Waals surface area contributed by atoms with E-state index >= 15 is 0 Å². The first-order valence-corrected chi connectivity index (χ1v) is 8.30. The molecule has 0 atom stereocenters. The van der Waals surface area contributed by atoms with Gasteiger partial charge in [-0.3, -0.25) is 25.0 Å². The molecular formula is C16H9BrN5O7-. The second kappa shape index (κ2) is 9.24. The first-order valence-electron chi connectivity index (χ1n) is 7.51. The van der Waals surface area contributed by atoms with Gasteiger partial charge in [0.2, 0.25) is 0 Å². The highest BCUT2D eigenvalue weighted by molar-refractivity contribution is 9.10. The van der Waals surface area contributed by atoms with Crippen LogP contribution in [0.5, 0.6) is 11.5 Å². The number of nitro groups is 2. The van der Waals surface area contributed by atoms with Crippen LogP contribution in [0.3, 0.4) is 0 Å². The van der Waals surface area contributed by atoms with Crippen LogP contribution in [0, 0.1) is 31.6 Å². The van der Waals surface area contributed by atoms with E-state index < -0.39 is 45.0 Å². The second-order valence-corrected chi connectivity index (χ2v) is 6.15. The molecule has 2 aromatic carbocycles. The minimum atomic E-state index is -1.09. The number of amides is 1. The average molecular weight is 463 g/mol. The van der Waals surface area contributed by atoms with Gasteiger partial charge in [0.1, 0.15) is 11.8 Å². The lowest BCUT2D eigenvalue weighted by Gasteiger charge is -2.10. The second-order valence-electron chi connectivity index (χ2n) is 5.23. The molecule has 2 rings (SSSR count). The van der Waals surface area contributed by atoms with Crippen LogP contribution in [0.25, 0.3) is 0 Å². The van der Waals surface area contributed by atoms with Crippen LogP contribution in [0.15, 0.2) is 39.9 Å². The molecule has 1 N–H and O–H groups in total. The Morgan fingerprint density at radius 1 is 1.28 bits per heavy atom. The first-order chi connectivity index (χ1) is 13.7. The number of hydrogen-bond acceptors (Lipinski definition) is 9. The maximum absolute atomic E-state index is 11.9. The first kappa shape index (κ1) is 21.3. The maximum Gasteiger partial charge on any atom is 0.277 e. The van der Waals surface area contributed by atoms with Crippen LogP contribution in [0.4, 0.5) is 11.4 Å². The number of non-ortho nitro benzene ring substituents is 1. The van der Waals surface area contributed by atoms with Crippen molar-refractivity contribution in [3.63, 3.8) is 0 Å². The molecule has 148 valence electrons. The number of ether oxygens (including phenoxy) is 1. The number of carbonyl (C=O) groups excluding carboxylic acids is 1. The molecule has 12 nitrogen and oxygen atoms in total. The molecule has 2 aromatic rings. The summed E-state index contributed by atoms with van der Waals surface area (Å²) in [6, 6.07) is 7.81. The molecule has 0 unspecified atom stereocenters. The summed E-state index contributed by atoms with van der Waals surface area (Å²) in [7, 11) is 0. The van der Waals surface area contributed by atoms with Crippen molar-refractivity contribution in [3.05, 3.63) is 66.2 Å². The van der Waals surface area contributed by atoms with Crippen LogP contribution in [-0.4, -0.2) is 28.6 Å². The van der Waals surface area contributed by atoms with Gasteiger partial charge in [-0.2, -0.15) is 10.4 Å². The molecule has 0 aliphatic heterocycles. The number of nitro benzene ring substituents is 2. The van der Waals surface area contributed by atoms with Crippen molar-refractivity contribution in [2.45, 2.75) is 0 Å². The minimum absolute atomic E-state index is 0.158. The van der Waals surface area contributed by atoms with E-state index in [1.165, 1.54) is 12.1 Å². The maximum atomic E-state index is 11.9. The van der Waals surface area contributed by atoms with Crippen molar-refractivity contribution in [3.8, 4) is 17.6 Å². The summed E-state index contributed by atoms with van der Waals surface area (Å²) in [4.78, 5) is 31.5. The molecule has 0 aliphatic carbocycles. The van der Waals surface area contributed by atoms with Crippen molar-refractivity contribution in [1.29, 1.82) is 5.26 Å². The van der Waals surface area contributed by atoms with Crippen LogP contribution < -0.4 is 15.3 Å². The van der Waals surface area contributed by atoms with Crippen molar-refractivity contribution in [2.75, 3.05) is 6.61 Å². The monoisotopic (exact) mass is 462 g/mol. The SMILES string of the molecule is N#Cc1cc(Br)ccc1OCC(=O)N/N=C\c1cc([N+](=O)[O-])cc([N+](=O)[O-])c1[O-]. The molecular weight excluding hydrogens is 454 g/mol. The molecule has 0 heterocycles. The lowest BCUT2D eigenvalue weighted by molar-refractivity contribution is -0.403. The number of nitrogens with zero attached hydrogens (tertiary/aromatic N) is 4. The predicted octanol–water partition coefficient (Wildman–Crippen LogP) is 1.74. The fourth-order valence-electron chi connectivity index (χ4n) is 2.02. The Morgan fingerprint density at radius 3 is 2.62 bits per heavy atom. The third kappa shape index (κ3) is 5.47. The summed E-state index contributed by atoms with van der Waals surface area (Å²) in [5.74, 6) is -1.70. The Morgan fingerprint density at radius 2 is 2.00 bits per heavy atom. The van der Waals surface area contributed by atoms with E-state index in [1.807, 2.05) is 11.5 Å². The van der Waals surface area contributed by atoms with Gasteiger partial charge in [-0.1, -0.05) is 15.9 Å². The summed E-state index contributed by atoms with van der Waals surface area (Å²) in [5, 5.41) is 46.1. The van der Waals surface area contributed by atoms with Gasteiger partial charge < -0.3 is 9.84 Å². The predicted molar refractivity (Wildman–Crippen MR) is 99.3 cm³/mol. The fourth-order valence-corrected chi connectivity index (χ4v) is 2.38. The zero-order chi connectivity index (χ0) is 21.6. The molecule has 0 saturated carbocycles. The molecule has 0 spiro atoms. The van der Waals surface area contributed by atoms with Gasteiger partial charge in [0.25, 0.3) is 17.3 Å². The van der Waals surface area contributed by atoms with Crippen molar-refractivity contribution in [1.82, 2.24) is 5.43 Å². The summed E-state index contributed by atoms with van der Waals surface area (Å²) < 4.78 is 5.85. The topological polar surface area (TPSA) is 184 Å². The normalized spacial score (nSPS) is 10.3. The molecule has 0 aliphatic rings. The van der Waals surface area contributed by atoms with Crippen molar-refractivity contribution < 1.29 is 24.5 Å². The summed E-state index contributed by atoms with van der Waals surface area (Å²) in [6.45, 7) is -0.521. The highest BCUT2D eigenvalue weighted by atomic mass is 79.9. The van der Waals surface area contributed by atoms with Crippen LogP contribution in [0.2, 0.25) is 0 Å². The number of hydrazone groups is 1. The Labute approximate surface area is 170 Å². The molecule has 13 heteroatoms. The van der Waals surface area contributed by atoms with Gasteiger partial charge in [-0.15, -0.1) is 0 Å². The molecule has 0 fully saturated rings. The summed E-state index contributed by atoms with van der Waals surface area (Å²) in [6.07, 6.45) is 0.751. The zero-order valence-electron chi connectivity index (χ0n) is 14.2. The van der Waals surface area contributed by atoms with E-state index in [4.69, 9.17) is 10.00 Å². The quantitative estimate of drug-likeness (QED) is 0.366. The molecule has 29 heavy (non-hydrogen) atoms. The molecule has 0 saturated heterocycles. The number of benzene rings is 2. The Bertz CT molecular complexity index is 1060. The number of halogens is 1. The van der Waals surface area contributed by atoms with Crippen LogP contribution in [-0.2, 0) is 4.79 Å². The Balaban J connectivity index is 2.08. The van der Waals surface area contributed by atoms with E-state index in [9.17, 15) is 30.1 Å². The van der Waals surface area contributed by atoms with E-state index in [1.54, 1.807) is 6.07 Å². The number of hydrogen-bond donors (Lipinski definition) is 1. The Kier molecular flexibility index (Phi) is 6.77. The van der Waals surface area contributed by atoms with Gasteiger partial charge in [-0.25, -0.2) is 5.43 Å². The molecule has 0 aromatic heterocycles. The van der Waals surface area contributed by atoms with Gasteiger partial charge in [-0.05, 0) is 23.9 Å². The highest BCUT2D eigenvalue weighted by Gasteiger charge is 2.18. The van der Waals surface area contributed by atoms with Crippen molar-refractivity contribution in [2.24, 2.45) is 5.10 Å². The van der Waals surface area contributed by atoms with Gasteiger partial charge in [0.15, 0.2) is 6.61 Å². The number of rotatable bonds is 7. The van der Waals surface area contributed by atoms with Crippen molar-refractivity contribution >= 4 is 39.4 Å². The van der Waals surface area contributed by atoms with Crippen LogP contribution in [0.1, 0.15) is 11.1 Å². The number of nitrogens with one attached hydrogen (secondary N) is 1. The third-order valence-electron chi connectivity index (χ3n) is 3.30. The standard InChI is InChI=1S/C16H10BrN5O7/c17-11-1-2-14(9(3-11)6-18)29-8-15(23)20-19-7-10-4-12(21(25)26)5-13(16(10)24)22(27)28/h1-5,7,24H,8H2,(H,20,23)/p-1/b19-7-. The molecule has 1 amide bonds. The number of carbonyl (C=O) groups is 1. The fraction of sp³-hybridized carbons (Fsp3) is 0.0625. The van der Waals surface area contributed by atoms with E-state index in [-0.39, 0.29) is 11.3 Å². The Hall–Kier alpha value is -4.05. The van der Waals surface area contributed by atoms with Gasteiger partial charge in [0, 0.05) is 16.1 Å². The largest absolute Gasteiger partial charge is 0.867 e. The number of nitriles is 1. The van der Waals surface area contributed by atoms with E-state index in [0.29, 0.717) is 10.5 Å². The smallest absolute Gasteiger partial charge is 0.277 e. The minimum Gasteiger partial charge on any atom is -0.867 e. The summed E-state index contributed by atoms with van der Waals surface area (Å²) >= 11 is 3.19. The lowest BCUT2D eigenvalue weighted by atomic mass is 10.1. The zero-order valence-corrected chi connectivity index (χ0v) is 15.8. The summed E-state index contributed by atoms with van der Waals surface area (Å²) in [5.41, 5.74) is 0.0824. The van der Waals surface area contributed by atoms with Gasteiger partial charge >= 0.3 is 0 Å². The highest BCUT2D eigenvalue weighted by Crippen LogP contribution is 2.31. The molecule has 0 radical (unpaired) electrons. The van der Waals surface area contributed by atoms with Crippen LogP contribution >= 0.6 is 15.9 Å². The third-order valence-corrected chi connectivity index (χ3v) is 3.80. The van der Waals surface area contributed by atoms with E-state index in [0.717, 1.165) is 12.3 Å². The molecule has 0 bridgehead atoms. The van der Waals surface area contributed by atoms with E-state index in [2.05, 4.69) is 21.0 Å². The average Bonchev–Trinajstić information content (AvgIpc) is 2.67. The van der Waals surface area contributed by atoms with Gasteiger partial charge in [0.05, 0.1) is 27.7 Å². The lowest BCUT2D eigenvalue weighted by Crippen LogP contribution is -2.24.